The maximum atomic E-state index is 13.3. The Hall–Kier alpha value is -1.96. The molecule has 1 aromatic carbocycles. The minimum atomic E-state index is -1.16. The maximum Gasteiger partial charge on any atom is 0.291 e. The van der Waals surface area contributed by atoms with Gasteiger partial charge in [-0.1, -0.05) is 31.5 Å². The van der Waals surface area contributed by atoms with Crippen molar-refractivity contribution >= 4 is 35.0 Å². The van der Waals surface area contributed by atoms with Crippen molar-refractivity contribution in [3.05, 3.63) is 28.8 Å². The van der Waals surface area contributed by atoms with E-state index in [0.717, 1.165) is 0 Å². The summed E-state index contributed by atoms with van der Waals surface area (Å²) >= 11 is 6.29. The lowest BCUT2D eigenvalue weighted by Crippen LogP contribution is -2.99. The Kier molecular flexibility index (Phi) is 4.29. The van der Waals surface area contributed by atoms with E-state index in [0.29, 0.717) is 16.3 Å². The number of likely N-dealkylation sites (tertiary alicyclic amines) is 1. The van der Waals surface area contributed by atoms with Crippen molar-refractivity contribution in [3.63, 3.8) is 0 Å². The molecule has 3 heterocycles. The highest BCUT2D eigenvalue weighted by Crippen LogP contribution is 2.51. The highest BCUT2D eigenvalue weighted by atomic mass is 35.5. The molecule has 0 saturated carbocycles. The maximum absolute atomic E-state index is 13.3. The van der Waals surface area contributed by atoms with Crippen LogP contribution < -0.4 is 10.6 Å². The molecule has 0 aliphatic carbocycles. The van der Waals surface area contributed by atoms with Gasteiger partial charge in [-0.05, 0) is 12.1 Å². The molecule has 1 spiro atoms. The number of amides is 3. The second-order valence-corrected chi connectivity index (χ2v) is 8.21. The number of benzene rings is 1. The first-order valence-electron chi connectivity index (χ1n) is 9.15. The van der Waals surface area contributed by atoms with Crippen LogP contribution in [-0.4, -0.2) is 48.9 Å². The second-order valence-electron chi connectivity index (χ2n) is 7.80. The summed E-state index contributed by atoms with van der Waals surface area (Å²) in [4.78, 5) is 40.9. The van der Waals surface area contributed by atoms with Crippen molar-refractivity contribution in [3.8, 4) is 0 Å². The first kappa shape index (κ1) is 18.4. The van der Waals surface area contributed by atoms with Crippen LogP contribution in [0, 0.1) is 17.8 Å². The molecule has 3 N–H and O–H groups in total. The molecule has 0 aromatic heterocycles. The number of carbonyl (C=O) groups excluding carboxylic acids is 3. The van der Waals surface area contributed by atoms with Crippen molar-refractivity contribution < 1.29 is 24.4 Å². The van der Waals surface area contributed by atoms with Gasteiger partial charge in [-0.15, -0.1) is 0 Å². The first-order valence-corrected chi connectivity index (χ1v) is 9.53. The molecule has 0 bridgehead atoms. The zero-order valence-electron chi connectivity index (χ0n) is 15.5. The van der Waals surface area contributed by atoms with E-state index in [2.05, 4.69) is 5.32 Å². The average Bonchev–Trinajstić information content (AvgIpc) is 3.21. The number of hydrogen-bond acceptors (Lipinski definition) is 4. The van der Waals surface area contributed by atoms with Gasteiger partial charge in [0.05, 0.1) is 23.9 Å². The van der Waals surface area contributed by atoms with E-state index in [1.807, 2.05) is 25.2 Å². The summed E-state index contributed by atoms with van der Waals surface area (Å²) in [5.41, 5.74) is 0.0704. The fourth-order valence-corrected chi connectivity index (χ4v) is 5.17. The van der Waals surface area contributed by atoms with Crippen molar-refractivity contribution in [2.24, 2.45) is 17.8 Å². The number of para-hydroxylation sites is 1. The summed E-state index contributed by atoms with van der Waals surface area (Å²) in [5, 5.41) is 5.21. The quantitative estimate of drug-likeness (QED) is 0.722. The molecule has 144 valence electrons. The monoisotopic (exact) mass is 392 g/mol. The molecule has 4 atom stereocenters. The number of rotatable bonds is 4. The molecule has 3 aliphatic rings. The van der Waals surface area contributed by atoms with E-state index in [4.69, 9.17) is 16.3 Å². The molecule has 4 rings (SSSR count). The van der Waals surface area contributed by atoms with Gasteiger partial charge in [-0.2, -0.15) is 0 Å². The van der Waals surface area contributed by atoms with E-state index in [-0.39, 0.29) is 42.8 Å². The van der Waals surface area contributed by atoms with Crippen LogP contribution in [0.25, 0.3) is 0 Å². The number of anilines is 1. The number of hydrogen-bond donors (Lipinski definition) is 2. The minimum Gasteiger partial charge on any atom is -0.383 e. The van der Waals surface area contributed by atoms with Gasteiger partial charge in [0.2, 0.25) is 17.4 Å². The third kappa shape index (κ3) is 2.31. The lowest BCUT2D eigenvalue weighted by Gasteiger charge is -2.27. The summed E-state index contributed by atoms with van der Waals surface area (Å²) in [6.45, 7) is 4.50. The molecule has 8 heteroatoms. The number of ether oxygens (including phenoxy) is 1. The Bertz CT molecular complexity index is 842. The highest BCUT2D eigenvalue weighted by molar-refractivity contribution is 6.35. The molecule has 1 aromatic rings. The fourth-order valence-electron chi connectivity index (χ4n) is 4.95. The predicted octanol–water partition coefficient (Wildman–Crippen LogP) is 0.337. The molecule has 3 aliphatic heterocycles. The van der Waals surface area contributed by atoms with Crippen LogP contribution in [-0.2, 0) is 24.7 Å². The highest BCUT2D eigenvalue weighted by Gasteiger charge is 2.74. The van der Waals surface area contributed by atoms with E-state index in [9.17, 15) is 14.4 Å². The van der Waals surface area contributed by atoms with Crippen molar-refractivity contribution in [2.45, 2.75) is 25.4 Å². The molecular formula is C19H23ClN3O4+. The Labute approximate surface area is 162 Å². The summed E-state index contributed by atoms with van der Waals surface area (Å²) in [6.07, 6.45) is 0. The molecule has 0 radical (unpaired) electrons. The summed E-state index contributed by atoms with van der Waals surface area (Å²) < 4.78 is 5.06. The molecule has 2 fully saturated rings. The molecule has 27 heavy (non-hydrogen) atoms. The van der Waals surface area contributed by atoms with Gasteiger partial charge in [-0.3, -0.25) is 19.3 Å². The Morgan fingerprint density at radius 3 is 2.70 bits per heavy atom. The van der Waals surface area contributed by atoms with Gasteiger partial charge in [0, 0.05) is 18.6 Å². The van der Waals surface area contributed by atoms with Crippen LogP contribution in [0.2, 0.25) is 5.02 Å². The molecule has 3 amide bonds. The van der Waals surface area contributed by atoms with Gasteiger partial charge in [0.1, 0.15) is 17.9 Å². The minimum absolute atomic E-state index is 0.118. The molecule has 2 saturated heterocycles. The summed E-state index contributed by atoms with van der Waals surface area (Å²) in [6, 6.07) is 5.14. The van der Waals surface area contributed by atoms with Gasteiger partial charge in [0.25, 0.3) is 5.91 Å². The standard InChI is InChI=1S/C19H22ClN3O4/c1-9(2)14-12-13(17(25)23(16(12)24)7-8-27-3)19(22-14)10-5-4-6-11(20)15(10)21-18(19)26/h4-6,9,12-14,22H,7-8H2,1-3H3,(H,21,26)/p+1/t12-,13-,14-,19-/m0/s1. The van der Waals surface area contributed by atoms with Gasteiger partial charge < -0.3 is 15.4 Å². The smallest absolute Gasteiger partial charge is 0.291 e. The van der Waals surface area contributed by atoms with Crippen LogP contribution >= 0.6 is 11.6 Å². The second kappa shape index (κ2) is 6.29. The predicted molar refractivity (Wildman–Crippen MR) is 97.9 cm³/mol. The molecule has 0 unspecified atom stereocenters. The van der Waals surface area contributed by atoms with Crippen molar-refractivity contribution in [1.29, 1.82) is 0 Å². The lowest BCUT2D eigenvalue weighted by atomic mass is 9.76. The van der Waals surface area contributed by atoms with Crippen LogP contribution in [0.15, 0.2) is 18.2 Å². The van der Waals surface area contributed by atoms with Crippen LogP contribution in [0.5, 0.6) is 0 Å². The Morgan fingerprint density at radius 1 is 1.30 bits per heavy atom. The summed E-state index contributed by atoms with van der Waals surface area (Å²) in [5.74, 6) is -1.95. The average molecular weight is 393 g/mol. The number of quaternary nitrogens is 1. The SMILES string of the molecule is COCCN1C(=O)[C@H]2[C@@H](C1=O)[C@]1([NH2+][C@H]2C(C)C)C(=O)Nc2c(Cl)cccc21. The van der Waals surface area contributed by atoms with Crippen molar-refractivity contribution in [1.82, 2.24) is 4.90 Å². The number of imide groups is 1. The van der Waals surface area contributed by atoms with Crippen molar-refractivity contribution in [2.75, 3.05) is 25.6 Å². The number of fused-ring (bicyclic) bond motifs is 4. The van der Waals surface area contributed by atoms with Crippen LogP contribution in [0.3, 0.4) is 0 Å². The molecular weight excluding hydrogens is 370 g/mol. The van der Waals surface area contributed by atoms with Crippen LogP contribution in [0.4, 0.5) is 5.69 Å². The Balaban J connectivity index is 1.87. The van der Waals surface area contributed by atoms with E-state index < -0.39 is 17.4 Å². The van der Waals surface area contributed by atoms with Gasteiger partial charge in [-0.25, -0.2) is 0 Å². The summed E-state index contributed by atoms with van der Waals surface area (Å²) in [7, 11) is 1.53. The number of carbonyl (C=O) groups is 3. The number of nitrogens with zero attached hydrogens (tertiary/aromatic N) is 1. The van der Waals surface area contributed by atoms with E-state index in [1.54, 1.807) is 12.1 Å². The topological polar surface area (TPSA) is 92.3 Å². The largest absolute Gasteiger partial charge is 0.383 e. The number of nitrogens with one attached hydrogen (secondary N) is 1. The normalized spacial score (nSPS) is 31.8. The first-order chi connectivity index (χ1) is 12.8. The fraction of sp³-hybridized carbons (Fsp3) is 0.526. The number of halogens is 1. The number of nitrogens with two attached hydrogens (primary N) is 1. The number of methoxy groups -OCH3 is 1. The third-order valence-electron chi connectivity index (χ3n) is 6.17. The zero-order chi connectivity index (χ0) is 19.5. The lowest BCUT2D eigenvalue weighted by molar-refractivity contribution is -0.738. The Morgan fingerprint density at radius 2 is 2.04 bits per heavy atom. The van der Waals surface area contributed by atoms with E-state index >= 15 is 0 Å². The van der Waals surface area contributed by atoms with E-state index in [1.165, 1.54) is 12.0 Å². The van der Waals surface area contributed by atoms with Gasteiger partial charge in [0.15, 0.2) is 0 Å². The van der Waals surface area contributed by atoms with Gasteiger partial charge >= 0.3 is 0 Å². The van der Waals surface area contributed by atoms with Crippen LogP contribution in [0.1, 0.15) is 19.4 Å². The zero-order valence-corrected chi connectivity index (χ0v) is 16.2. The molecule has 7 nitrogen and oxygen atoms in total. The third-order valence-corrected chi connectivity index (χ3v) is 6.48.